The van der Waals surface area contributed by atoms with E-state index in [0.717, 1.165) is 16.4 Å². The molecule has 0 radical (unpaired) electrons. The lowest BCUT2D eigenvalue weighted by atomic mass is 10.2. The van der Waals surface area contributed by atoms with Crippen molar-refractivity contribution in [3.63, 3.8) is 0 Å². The van der Waals surface area contributed by atoms with Crippen LogP contribution in [0.5, 0.6) is 0 Å². The lowest BCUT2D eigenvalue weighted by Crippen LogP contribution is -2.05. The van der Waals surface area contributed by atoms with Gasteiger partial charge in [0.1, 0.15) is 5.01 Å². The van der Waals surface area contributed by atoms with Gasteiger partial charge in [-0.1, -0.05) is 0 Å². The first-order valence-corrected chi connectivity index (χ1v) is 5.76. The smallest absolute Gasteiger partial charge is 0.337 e. The van der Waals surface area contributed by atoms with Gasteiger partial charge >= 0.3 is 5.97 Å². The van der Waals surface area contributed by atoms with Crippen molar-refractivity contribution in [2.24, 2.45) is 0 Å². The number of nitrogens with zero attached hydrogens (tertiary/aromatic N) is 2. The minimum Gasteiger partial charge on any atom is -0.478 e. The molecular weight excluding hydrogens is 224 g/mol. The van der Waals surface area contributed by atoms with E-state index in [-0.39, 0.29) is 0 Å². The molecular formula is C11H12N2O2S. The number of thiazole rings is 1. The number of carbonyl (C=O) groups is 1. The number of hydrogen-bond acceptors (Lipinski definition) is 3. The summed E-state index contributed by atoms with van der Waals surface area (Å²) in [6.07, 6.45) is 1.76. The van der Waals surface area contributed by atoms with Gasteiger partial charge in [-0.2, -0.15) is 0 Å². The minimum absolute atomic E-state index is 0.369. The maximum absolute atomic E-state index is 11.0. The maximum Gasteiger partial charge on any atom is 0.337 e. The van der Waals surface area contributed by atoms with Crippen LogP contribution < -0.4 is 0 Å². The summed E-state index contributed by atoms with van der Waals surface area (Å²) in [6.45, 7) is 4.37. The molecule has 2 aromatic heterocycles. The molecule has 0 amide bonds. The van der Waals surface area contributed by atoms with E-state index in [2.05, 4.69) is 4.98 Å². The van der Waals surface area contributed by atoms with Crippen LogP contribution in [0, 0.1) is 13.8 Å². The lowest BCUT2D eigenvalue weighted by Gasteiger charge is -2.06. The molecule has 0 unspecified atom stereocenters. The molecule has 0 fully saturated rings. The van der Waals surface area contributed by atoms with E-state index in [1.165, 1.54) is 0 Å². The molecule has 0 aliphatic carbocycles. The van der Waals surface area contributed by atoms with Gasteiger partial charge in [-0.25, -0.2) is 9.78 Å². The Morgan fingerprint density at radius 3 is 2.81 bits per heavy atom. The number of hydrogen-bond donors (Lipinski definition) is 1. The first-order chi connectivity index (χ1) is 7.59. The minimum atomic E-state index is -0.876. The Kier molecular flexibility index (Phi) is 2.78. The molecule has 1 N–H and O–H groups in total. The van der Waals surface area contributed by atoms with E-state index >= 15 is 0 Å². The Bertz CT molecular complexity index is 514. The van der Waals surface area contributed by atoms with E-state index in [1.54, 1.807) is 23.6 Å². The Labute approximate surface area is 97.2 Å². The summed E-state index contributed by atoms with van der Waals surface area (Å²) in [4.78, 5) is 15.2. The number of aromatic carboxylic acids is 1. The van der Waals surface area contributed by atoms with E-state index in [1.807, 2.05) is 23.8 Å². The van der Waals surface area contributed by atoms with Crippen molar-refractivity contribution in [3.05, 3.63) is 39.6 Å². The fraction of sp³-hybridized carbons (Fsp3) is 0.273. The van der Waals surface area contributed by atoms with Crippen LogP contribution in [0.25, 0.3) is 0 Å². The SMILES string of the molecule is Cc1cc(C(=O)O)c(C)n1Cc1nccs1. The summed E-state index contributed by atoms with van der Waals surface area (Å²) in [5, 5.41) is 11.9. The monoisotopic (exact) mass is 236 g/mol. The van der Waals surface area contributed by atoms with Crippen molar-refractivity contribution < 1.29 is 9.90 Å². The predicted octanol–water partition coefficient (Wildman–Crippen LogP) is 2.31. The van der Waals surface area contributed by atoms with Crippen LogP contribution in [-0.4, -0.2) is 20.6 Å². The lowest BCUT2D eigenvalue weighted by molar-refractivity contribution is 0.0696. The molecule has 0 saturated carbocycles. The highest BCUT2D eigenvalue weighted by Crippen LogP contribution is 2.17. The molecule has 0 saturated heterocycles. The Balaban J connectivity index is 2.38. The summed E-state index contributed by atoms with van der Waals surface area (Å²) in [5.41, 5.74) is 2.10. The molecule has 4 nitrogen and oxygen atoms in total. The maximum atomic E-state index is 11.0. The third kappa shape index (κ3) is 1.86. The van der Waals surface area contributed by atoms with Crippen LogP contribution >= 0.6 is 11.3 Å². The fourth-order valence-electron chi connectivity index (χ4n) is 1.73. The van der Waals surface area contributed by atoms with Crippen molar-refractivity contribution in [1.29, 1.82) is 0 Å². The van der Waals surface area contributed by atoms with Gasteiger partial charge in [-0.3, -0.25) is 0 Å². The van der Waals surface area contributed by atoms with Crippen molar-refractivity contribution >= 4 is 17.3 Å². The highest BCUT2D eigenvalue weighted by molar-refractivity contribution is 7.09. The molecule has 84 valence electrons. The Hall–Kier alpha value is -1.62. The number of carboxylic acid groups (broad SMARTS) is 1. The normalized spacial score (nSPS) is 10.6. The third-order valence-electron chi connectivity index (χ3n) is 2.58. The topological polar surface area (TPSA) is 55.1 Å². The van der Waals surface area contributed by atoms with Gasteiger partial charge in [0, 0.05) is 23.0 Å². The number of rotatable bonds is 3. The summed E-state index contributed by atoms with van der Waals surface area (Å²) in [6, 6.07) is 1.70. The highest BCUT2D eigenvalue weighted by atomic mass is 32.1. The first-order valence-electron chi connectivity index (χ1n) is 4.88. The van der Waals surface area contributed by atoms with Gasteiger partial charge in [-0.05, 0) is 19.9 Å². The molecule has 2 rings (SSSR count). The summed E-state index contributed by atoms with van der Waals surface area (Å²) in [5.74, 6) is -0.876. The molecule has 0 aliphatic heterocycles. The van der Waals surface area contributed by atoms with Crippen LogP contribution in [0.3, 0.4) is 0 Å². The quantitative estimate of drug-likeness (QED) is 0.889. The number of aryl methyl sites for hydroxylation is 1. The molecule has 0 aliphatic rings. The zero-order valence-electron chi connectivity index (χ0n) is 9.10. The second kappa shape index (κ2) is 4.09. The van der Waals surface area contributed by atoms with E-state index in [9.17, 15) is 4.79 Å². The average molecular weight is 236 g/mol. The van der Waals surface area contributed by atoms with Crippen molar-refractivity contribution in [2.75, 3.05) is 0 Å². The number of carboxylic acids is 1. The summed E-state index contributed by atoms with van der Waals surface area (Å²) < 4.78 is 1.97. The number of aromatic nitrogens is 2. The third-order valence-corrected chi connectivity index (χ3v) is 3.35. The van der Waals surface area contributed by atoms with E-state index < -0.39 is 5.97 Å². The molecule has 0 atom stereocenters. The Morgan fingerprint density at radius 1 is 1.56 bits per heavy atom. The van der Waals surface area contributed by atoms with Gasteiger partial charge in [-0.15, -0.1) is 11.3 Å². The second-order valence-electron chi connectivity index (χ2n) is 3.60. The van der Waals surface area contributed by atoms with E-state index in [4.69, 9.17) is 5.11 Å². The standard InChI is InChI=1S/C11H12N2O2S/c1-7-5-9(11(14)15)8(2)13(7)6-10-12-3-4-16-10/h3-5H,6H2,1-2H3,(H,14,15). The van der Waals surface area contributed by atoms with Crippen LogP contribution in [0.2, 0.25) is 0 Å². The van der Waals surface area contributed by atoms with Crippen molar-refractivity contribution in [2.45, 2.75) is 20.4 Å². The summed E-state index contributed by atoms with van der Waals surface area (Å²) >= 11 is 1.57. The highest BCUT2D eigenvalue weighted by Gasteiger charge is 2.14. The van der Waals surface area contributed by atoms with Crippen LogP contribution in [0.1, 0.15) is 26.8 Å². The van der Waals surface area contributed by atoms with Crippen LogP contribution in [0.4, 0.5) is 0 Å². The Morgan fingerprint density at radius 2 is 2.31 bits per heavy atom. The van der Waals surface area contributed by atoms with Crippen LogP contribution in [0.15, 0.2) is 17.6 Å². The van der Waals surface area contributed by atoms with Gasteiger partial charge in [0.2, 0.25) is 0 Å². The van der Waals surface area contributed by atoms with Crippen LogP contribution in [-0.2, 0) is 6.54 Å². The van der Waals surface area contributed by atoms with Gasteiger partial charge in [0.25, 0.3) is 0 Å². The molecule has 0 bridgehead atoms. The average Bonchev–Trinajstić information content (AvgIpc) is 2.81. The van der Waals surface area contributed by atoms with Gasteiger partial charge in [0.15, 0.2) is 0 Å². The first kappa shape index (κ1) is 10.9. The predicted molar refractivity (Wildman–Crippen MR) is 62.1 cm³/mol. The van der Waals surface area contributed by atoms with Gasteiger partial charge in [0.05, 0.1) is 12.1 Å². The largest absolute Gasteiger partial charge is 0.478 e. The zero-order chi connectivity index (χ0) is 11.7. The van der Waals surface area contributed by atoms with Gasteiger partial charge < -0.3 is 9.67 Å². The molecule has 0 aromatic carbocycles. The molecule has 0 spiro atoms. The molecule has 2 aromatic rings. The molecule has 5 heteroatoms. The van der Waals surface area contributed by atoms with Crippen molar-refractivity contribution in [3.8, 4) is 0 Å². The molecule has 2 heterocycles. The molecule has 16 heavy (non-hydrogen) atoms. The summed E-state index contributed by atoms with van der Waals surface area (Å²) in [7, 11) is 0. The van der Waals surface area contributed by atoms with E-state index in [0.29, 0.717) is 12.1 Å². The van der Waals surface area contributed by atoms with Crippen molar-refractivity contribution in [1.82, 2.24) is 9.55 Å². The second-order valence-corrected chi connectivity index (χ2v) is 4.58. The fourth-order valence-corrected chi connectivity index (χ4v) is 2.33. The zero-order valence-corrected chi connectivity index (χ0v) is 9.91.